The van der Waals surface area contributed by atoms with Crippen LogP contribution in [0.2, 0.25) is 0 Å². The predicted octanol–water partition coefficient (Wildman–Crippen LogP) is 3.77. The Hall–Kier alpha value is -3.41. The van der Waals surface area contributed by atoms with Gasteiger partial charge in [-0.15, -0.1) is 10.2 Å². The molecule has 2 N–H and O–H groups in total. The normalized spacial score (nSPS) is 10.8. The first-order chi connectivity index (χ1) is 15.3. The molecular formula is C20H17F4N5O2S. The lowest BCUT2D eigenvalue weighted by atomic mass is 10.3. The first kappa shape index (κ1) is 23.3. The van der Waals surface area contributed by atoms with Gasteiger partial charge >= 0.3 is 0 Å². The van der Waals surface area contributed by atoms with Gasteiger partial charge in [0.2, 0.25) is 11.8 Å². The fourth-order valence-electron chi connectivity index (χ4n) is 2.71. The highest BCUT2D eigenvalue weighted by Gasteiger charge is 2.18. The molecule has 0 aliphatic carbocycles. The molecule has 0 aliphatic heterocycles. The van der Waals surface area contributed by atoms with Crippen LogP contribution in [-0.4, -0.2) is 32.3 Å². The van der Waals surface area contributed by atoms with Gasteiger partial charge in [0.25, 0.3) is 0 Å². The van der Waals surface area contributed by atoms with E-state index in [9.17, 15) is 27.2 Å². The number of carbonyl (C=O) groups is 2. The molecule has 7 nitrogen and oxygen atoms in total. The summed E-state index contributed by atoms with van der Waals surface area (Å²) >= 11 is 0.962. The maximum atomic E-state index is 13.7. The fraction of sp³-hybridized carbons (Fsp3) is 0.200. The number of amides is 2. The molecule has 0 saturated carbocycles. The number of thioether (sulfide) groups is 1. The fourth-order valence-corrected chi connectivity index (χ4v) is 3.53. The number of benzene rings is 2. The minimum absolute atomic E-state index is 0.0378. The Kier molecular flexibility index (Phi) is 7.46. The number of halogens is 4. The average molecular weight is 467 g/mol. The third kappa shape index (κ3) is 5.44. The van der Waals surface area contributed by atoms with E-state index in [4.69, 9.17) is 0 Å². The highest BCUT2D eigenvalue weighted by Crippen LogP contribution is 2.22. The minimum atomic E-state index is -1.68. The molecule has 0 unspecified atom stereocenters. The number of carbonyl (C=O) groups excluding carboxylic acids is 2. The van der Waals surface area contributed by atoms with Crippen LogP contribution in [-0.2, 0) is 22.6 Å². The Morgan fingerprint density at radius 3 is 2.34 bits per heavy atom. The van der Waals surface area contributed by atoms with E-state index >= 15 is 0 Å². The molecule has 168 valence electrons. The molecule has 0 spiro atoms. The Morgan fingerprint density at radius 2 is 1.62 bits per heavy atom. The summed E-state index contributed by atoms with van der Waals surface area (Å²) in [6.45, 7) is 2.17. The van der Waals surface area contributed by atoms with E-state index in [1.54, 1.807) is 17.6 Å². The smallest absolute Gasteiger partial charge is 0.234 e. The lowest BCUT2D eigenvalue weighted by molar-refractivity contribution is -0.116. The van der Waals surface area contributed by atoms with E-state index < -0.39 is 40.8 Å². The molecule has 2 aromatic carbocycles. The summed E-state index contributed by atoms with van der Waals surface area (Å²) in [4.78, 5) is 24.3. The van der Waals surface area contributed by atoms with Crippen LogP contribution in [0, 0.1) is 23.3 Å². The predicted molar refractivity (Wildman–Crippen MR) is 110 cm³/mol. The average Bonchev–Trinajstić information content (AvgIpc) is 3.15. The maximum absolute atomic E-state index is 13.7. The van der Waals surface area contributed by atoms with Crippen LogP contribution in [0.4, 0.5) is 28.9 Å². The van der Waals surface area contributed by atoms with Crippen molar-refractivity contribution in [2.75, 3.05) is 16.4 Å². The maximum Gasteiger partial charge on any atom is 0.234 e. The first-order valence-corrected chi connectivity index (χ1v) is 10.3. The van der Waals surface area contributed by atoms with Crippen LogP contribution in [0.3, 0.4) is 0 Å². The summed E-state index contributed by atoms with van der Waals surface area (Å²) in [5.74, 6) is -6.21. The molecule has 32 heavy (non-hydrogen) atoms. The van der Waals surface area contributed by atoms with Crippen molar-refractivity contribution in [2.45, 2.75) is 25.0 Å². The molecular weight excluding hydrogens is 450 g/mol. The van der Waals surface area contributed by atoms with Crippen LogP contribution in [0.1, 0.15) is 12.7 Å². The lowest BCUT2D eigenvalue weighted by Crippen LogP contribution is -2.19. The number of para-hydroxylation sites is 1. The van der Waals surface area contributed by atoms with Gasteiger partial charge < -0.3 is 15.2 Å². The zero-order valence-corrected chi connectivity index (χ0v) is 17.5. The zero-order chi connectivity index (χ0) is 23.3. The quantitative estimate of drug-likeness (QED) is 0.299. The second kappa shape index (κ2) is 10.3. The van der Waals surface area contributed by atoms with E-state index in [1.165, 1.54) is 18.2 Å². The molecule has 1 aromatic heterocycles. The van der Waals surface area contributed by atoms with Crippen molar-refractivity contribution < 1.29 is 27.2 Å². The summed E-state index contributed by atoms with van der Waals surface area (Å²) in [5, 5.41) is 12.8. The number of anilines is 2. The third-order valence-corrected chi connectivity index (χ3v) is 5.18. The van der Waals surface area contributed by atoms with Gasteiger partial charge in [-0.2, -0.15) is 0 Å². The van der Waals surface area contributed by atoms with E-state index in [1.807, 2.05) is 0 Å². The molecule has 0 radical (unpaired) electrons. The number of aromatic nitrogens is 3. The largest absolute Gasteiger partial charge is 0.323 e. The Morgan fingerprint density at radius 1 is 0.906 bits per heavy atom. The highest BCUT2D eigenvalue weighted by molar-refractivity contribution is 7.99. The molecule has 2 amide bonds. The van der Waals surface area contributed by atoms with E-state index in [-0.39, 0.29) is 17.9 Å². The van der Waals surface area contributed by atoms with Crippen molar-refractivity contribution in [3.8, 4) is 0 Å². The highest BCUT2D eigenvalue weighted by atomic mass is 32.2. The van der Waals surface area contributed by atoms with Crippen LogP contribution < -0.4 is 10.6 Å². The summed E-state index contributed by atoms with van der Waals surface area (Å²) in [6.07, 6.45) is -0.179. The van der Waals surface area contributed by atoms with E-state index in [0.717, 1.165) is 17.8 Å². The van der Waals surface area contributed by atoms with Gasteiger partial charge in [0.15, 0.2) is 22.6 Å². The first-order valence-electron chi connectivity index (χ1n) is 9.32. The minimum Gasteiger partial charge on any atom is -0.323 e. The van der Waals surface area contributed by atoms with Crippen molar-refractivity contribution in [3.63, 3.8) is 0 Å². The number of nitrogens with zero attached hydrogens (tertiary/aromatic N) is 3. The molecule has 0 aliphatic rings. The van der Waals surface area contributed by atoms with Gasteiger partial charge in [-0.05, 0) is 31.2 Å². The summed E-state index contributed by atoms with van der Waals surface area (Å²) in [5.41, 5.74) is -0.451. The lowest BCUT2D eigenvalue weighted by Gasteiger charge is -2.09. The van der Waals surface area contributed by atoms with Crippen molar-refractivity contribution in [3.05, 3.63) is 65.5 Å². The molecule has 0 saturated heterocycles. The molecule has 3 rings (SSSR count). The van der Waals surface area contributed by atoms with Gasteiger partial charge in [0.05, 0.1) is 23.5 Å². The van der Waals surface area contributed by atoms with Crippen molar-refractivity contribution in [1.82, 2.24) is 14.8 Å². The second-order valence-electron chi connectivity index (χ2n) is 6.41. The Bertz CT molecular complexity index is 1160. The monoisotopic (exact) mass is 467 g/mol. The van der Waals surface area contributed by atoms with Crippen molar-refractivity contribution in [1.29, 1.82) is 0 Å². The summed E-state index contributed by atoms with van der Waals surface area (Å²) < 4.78 is 55.2. The standard InChI is InChI=1S/C20H17F4N5O2S/c1-2-29-15(9-16(30)25-13-6-4-3-5-11(13)21)27-28-20(29)32-10-17(31)26-14-8-7-12(22)18(23)19(14)24/h3-8H,2,9-10H2,1H3,(H,25,30)(H,26,31). The SMILES string of the molecule is CCn1c(CC(=O)Nc2ccccc2F)nnc1SCC(=O)Nc1ccc(F)c(F)c1F. The molecule has 0 fully saturated rings. The molecule has 12 heteroatoms. The topological polar surface area (TPSA) is 88.9 Å². The molecule has 0 atom stereocenters. The van der Waals surface area contributed by atoms with Gasteiger partial charge in [-0.3, -0.25) is 9.59 Å². The molecule has 1 heterocycles. The van der Waals surface area contributed by atoms with Crippen LogP contribution in [0.25, 0.3) is 0 Å². The van der Waals surface area contributed by atoms with Crippen molar-refractivity contribution >= 4 is 35.0 Å². The van der Waals surface area contributed by atoms with E-state index in [0.29, 0.717) is 23.6 Å². The summed E-state index contributed by atoms with van der Waals surface area (Å²) in [7, 11) is 0. The number of hydrogen-bond acceptors (Lipinski definition) is 5. The van der Waals surface area contributed by atoms with Crippen LogP contribution in [0.15, 0.2) is 41.6 Å². The van der Waals surface area contributed by atoms with Gasteiger partial charge in [-0.1, -0.05) is 23.9 Å². The van der Waals surface area contributed by atoms with Crippen LogP contribution in [0.5, 0.6) is 0 Å². The Labute approximate surface area is 184 Å². The number of rotatable bonds is 8. The third-order valence-electron chi connectivity index (χ3n) is 4.22. The second-order valence-corrected chi connectivity index (χ2v) is 7.35. The van der Waals surface area contributed by atoms with Crippen LogP contribution >= 0.6 is 11.8 Å². The number of nitrogens with one attached hydrogen (secondary N) is 2. The number of hydrogen-bond donors (Lipinski definition) is 2. The van der Waals surface area contributed by atoms with Crippen molar-refractivity contribution in [2.24, 2.45) is 0 Å². The van der Waals surface area contributed by atoms with E-state index in [2.05, 4.69) is 20.8 Å². The van der Waals surface area contributed by atoms with Gasteiger partial charge in [0.1, 0.15) is 11.6 Å². The molecule has 0 bridgehead atoms. The molecule has 3 aromatic rings. The Balaban J connectivity index is 1.61. The van der Waals surface area contributed by atoms with Gasteiger partial charge in [-0.25, -0.2) is 17.6 Å². The zero-order valence-electron chi connectivity index (χ0n) is 16.7. The van der Waals surface area contributed by atoms with Gasteiger partial charge in [0, 0.05) is 6.54 Å². The summed E-state index contributed by atoms with van der Waals surface area (Å²) in [6, 6.07) is 7.34.